The SMILES string of the molecule is CCc1ccccc1NC(=O)/C(C#N)=C/c1ccc(OCc2cccc3ccccc23)cc1. The maximum absolute atomic E-state index is 12.6. The summed E-state index contributed by atoms with van der Waals surface area (Å²) in [7, 11) is 0. The van der Waals surface area contributed by atoms with Gasteiger partial charge in [0, 0.05) is 5.69 Å². The first-order valence-electron chi connectivity index (χ1n) is 10.9. The molecule has 162 valence electrons. The molecule has 0 aromatic heterocycles. The van der Waals surface area contributed by atoms with Crippen molar-refractivity contribution in [3.63, 3.8) is 0 Å². The third-order valence-corrected chi connectivity index (χ3v) is 5.48. The molecule has 0 spiro atoms. The first-order chi connectivity index (χ1) is 16.2. The predicted molar refractivity (Wildman–Crippen MR) is 133 cm³/mol. The molecule has 0 saturated heterocycles. The van der Waals surface area contributed by atoms with E-state index in [9.17, 15) is 10.1 Å². The molecule has 4 rings (SSSR count). The number of ether oxygens (including phenoxy) is 1. The molecule has 0 fully saturated rings. The van der Waals surface area contributed by atoms with Crippen molar-refractivity contribution in [2.75, 3.05) is 5.32 Å². The van der Waals surface area contributed by atoms with Gasteiger partial charge >= 0.3 is 0 Å². The zero-order valence-electron chi connectivity index (χ0n) is 18.4. The van der Waals surface area contributed by atoms with E-state index in [1.54, 1.807) is 6.08 Å². The van der Waals surface area contributed by atoms with Gasteiger partial charge in [-0.25, -0.2) is 0 Å². The van der Waals surface area contributed by atoms with Gasteiger partial charge in [-0.05, 0) is 58.2 Å². The second kappa shape index (κ2) is 10.3. The van der Waals surface area contributed by atoms with Crippen LogP contribution in [0, 0.1) is 11.3 Å². The molecule has 0 heterocycles. The number of hydrogen-bond acceptors (Lipinski definition) is 3. The number of nitriles is 1. The van der Waals surface area contributed by atoms with Crippen molar-refractivity contribution in [1.29, 1.82) is 5.26 Å². The van der Waals surface area contributed by atoms with Crippen molar-refractivity contribution in [3.8, 4) is 11.8 Å². The molecule has 0 aliphatic rings. The zero-order valence-corrected chi connectivity index (χ0v) is 18.4. The molecule has 0 saturated carbocycles. The number of para-hydroxylation sites is 1. The molecule has 0 unspecified atom stereocenters. The molecule has 0 aliphatic heterocycles. The maximum atomic E-state index is 12.6. The minimum atomic E-state index is -0.422. The monoisotopic (exact) mass is 432 g/mol. The van der Waals surface area contributed by atoms with Gasteiger partial charge < -0.3 is 10.1 Å². The third-order valence-electron chi connectivity index (χ3n) is 5.48. The Hall–Kier alpha value is -4.36. The van der Waals surface area contributed by atoms with Crippen LogP contribution >= 0.6 is 0 Å². The Morgan fingerprint density at radius 1 is 0.909 bits per heavy atom. The Kier molecular flexibility index (Phi) is 6.82. The highest BCUT2D eigenvalue weighted by atomic mass is 16.5. The van der Waals surface area contributed by atoms with E-state index in [0.29, 0.717) is 6.61 Å². The molecule has 0 atom stereocenters. The topological polar surface area (TPSA) is 62.1 Å². The number of hydrogen-bond donors (Lipinski definition) is 1. The summed E-state index contributed by atoms with van der Waals surface area (Å²) in [5.74, 6) is 0.301. The fourth-order valence-corrected chi connectivity index (χ4v) is 3.70. The van der Waals surface area contributed by atoms with Gasteiger partial charge in [0.2, 0.25) is 0 Å². The van der Waals surface area contributed by atoms with Gasteiger partial charge in [-0.1, -0.05) is 79.7 Å². The Morgan fingerprint density at radius 2 is 1.61 bits per heavy atom. The average Bonchev–Trinajstić information content (AvgIpc) is 2.87. The van der Waals surface area contributed by atoms with Crippen molar-refractivity contribution < 1.29 is 9.53 Å². The van der Waals surface area contributed by atoms with Gasteiger partial charge in [-0.15, -0.1) is 0 Å². The third kappa shape index (κ3) is 5.28. The van der Waals surface area contributed by atoms with E-state index in [0.717, 1.165) is 34.5 Å². The molecule has 4 nitrogen and oxygen atoms in total. The van der Waals surface area contributed by atoms with E-state index in [1.165, 1.54) is 10.8 Å². The Balaban J connectivity index is 1.44. The molecule has 4 aromatic carbocycles. The largest absolute Gasteiger partial charge is 0.489 e. The van der Waals surface area contributed by atoms with E-state index >= 15 is 0 Å². The number of aryl methyl sites for hydroxylation is 1. The van der Waals surface area contributed by atoms with E-state index < -0.39 is 5.91 Å². The summed E-state index contributed by atoms with van der Waals surface area (Å²) < 4.78 is 5.97. The highest BCUT2D eigenvalue weighted by Crippen LogP contribution is 2.22. The van der Waals surface area contributed by atoms with Crippen molar-refractivity contribution in [3.05, 3.63) is 113 Å². The Morgan fingerprint density at radius 3 is 2.39 bits per heavy atom. The van der Waals surface area contributed by atoms with E-state index in [2.05, 4.69) is 29.6 Å². The van der Waals surface area contributed by atoms with Crippen LogP contribution in [0.25, 0.3) is 16.8 Å². The summed E-state index contributed by atoms with van der Waals surface area (Å²) in [6, 6.07) is 31.4. The molecule has 33 heavy (non-hydrogen) atoms. The van der Waals surface area contributed by atoms with Crippen LogP contribution < -0.4 is 10.1 Å². The molecule has 0 bridgehead atoms. The number of amides is 1. The zero-order chi connectivity index (χ0) is 23.0. The fourth-order valence-electron chi connectivity index (χ4n) is 3.70. The van der Waals surface area contributed by atoms with Crippen LogP contribution in [0.4, 0.5) is 5.69 Å². The Labute approximate surface area is 193 Å². The summed E-state index contributed by atoms with van der Waals surface area (Å²) in [5.41, 5.74) is 3.67. The first kappa shape index (κ1) is 21.9. The normalized spacial score (nSPS) is 11.1. The van der Waals surface area contributed by atoms with Crippen LogP contribution in [0.5, 0.6) is 5.75 Å². The molecular formula is C29H24N2O2. The summed E-state index contributed by atoms with van der Waals surface area (Å²) >= 11 is 0. The van der Waals surface area contributed by atoms with Crippen molar-refractivity contribution in [1.82, 2.24) is 0 Å². The van der Waals surface area contributed by atoms with Crippen molar-refractivity contribution in [2.24, 2.45) is 0 Å². The van der Waals surface area contributed by atoms with Crippen LogP contribution in [-0.4, -0.2) is 5.91 Å². The van der Waals surface area contributed by atoms with Crippen LogP contribution in [0.2, 0.25) is 0 Å². The number of nitrogens with zero attached hydrogens (tertiary/aromatic N) is 1. The second-order valence-electron chi connectivity index (χ2n) is 7.63. The molecule has 0 aliphatic carbocycles. The molecule has 1 N–H and O–H groups in total. The number of rotatable bonds is 7. The number of carbonyl (C=O) groups is 1. The van der Waals surface area contributed by atoms with E-state index in [-0.39, 0.29) is 5.57 Å². The van der Waals surface area contributed by atoms with Crippen LogP contribution in [0.15, 0.2) is 96.6 Å². The highest BCUT2D eigenvalue weighted by Gasteiger charge is 2.11. The first-order valence-corrected chi connectivity index (χ1v) is 10.9. The molecule has 4 heteroatoms. The number of fused-ring (bicyclic) bond motifs is 1. The van der Waals surface area contributed by atoms with Gasteiger partial charge in [0.1, 0.15) is 24.0 Å². The van der Waals surface area contributed by atoms with E-state index in [1.807, 2.05) is 79.7 Å². The molecule has 0 radical (unpaired) electrons. The van der Waals surface area contributed by atoms with Gasteiger partial charge in [0.15, 0.2) is 0 Å². The minimum absolute atomic E-state index is 0.0466. The minimum Gasteiger partial charge on any atom is -0.489 e. The van der Waals surface area contributed by atoms with Crippen LogP contribution in [0.1, 0.15) is 23.6 Å². The van der Waals surface area contributed by atoms with Gasteiger partial charge in [0.05, 0.1) is 0 Å². The number of anilines is 1. The predicted octanol–water partition coefficient (Wildman–Crippen LogP) is 6.53. The molecule has 1 amide bonds. The van der Waals surface area contributed by atoms with Gasteiger partial charge in [0.25, 0.3) is 5.91 Å². The summed E-state index contributed by atoms with van der Waals surface area (Å²) in [6.45, 7) is 2.48. The van der Waals surface area contributed by atoms with Crippen molar-refractivity contribution in [2.45, 2.75) is 20.0 Å². The number of benzene rings is 4. The lowest BCUT2D eigenvalue weighted by atomic mass is 10.1. The van der Waals surface area contributed by atoms with Gasteiger partial charge in [-0.2, -0.15) is 5.26 Å². The quantitative estimate of drug-likeness (QED) is 0.267. The smallest absolute Gasteiger partial charge is 0.266 e. The van der Waals surface area contributed by atoms with E-state index in [4.69, 9.17) is 4.74 Å². The number of carbonyl (C=O) groups excluding carboxylic acids is 1. The average molecular weight is 433 g/mol. The fraction of sp³-hybridized carbons (Fsp3) is 0.103. The number of nitrogens with one attached hydrogen (secondary N) is 1. The van der Waals surface area contributed by atoms with Crippen LogP contribution in [0.3, 0.4) is 0 Å². The summed E-state index contributed by atoms with van der Waals surface area (Å²) in [4.78, 5) is 12.6. The molecular weight excluding hydrogens is 408 g/mol. The van der Waals surface area contributed by atoms with Crippen LogP contribution in [-0.2, 0) is 17.8 Å². The summed E-state index contributed by atoms with van der Waals surface area (Å²) in [6.07, 6.45) is 2.38. The lowest BCUT2D eigenvalue weighted by molar-refractivity contribution is -0.112. The van der Waals surface area contributed by atoms with Crippen molar-refractivity contribution >= 4 is 28.4 Å². The summed E-state index contributed by atoms with van der Waals surface area (Å²) in [5, 5.41) is 14.7. The highest BCUT2D eigenvalue weighted by molar-refractivity contribution is 6.10. The van der Waals surface area contributed by atoms with Gasteiger partial charge in [-0.3, -0.25) is 4.79 Å². The standard InChI is InChI=1S/C29H24N2O2/c1-2-22-8-4-6-13-28(22)31-29(32)25(19-30)18-21-14-16-26(17-15-21)33-20-24-11-7-10-23-9-3-5-12-27(23)24/h3-18H,2,20H2,1H3,(H,31,32)/b25-18+. The second-order valence-corrected chi connectivity index (χ2v) is 7.63. The lowest BCUT2D eigenvalue weighted by Gasteiger charge is -2.10. The molecule has 4 aromatic rings. The Bertz CT molecular complexity index is 1340. The maximum Gasteiger partial charge on any atom is 0.266 e. The lowest BCUT2D eigenvalue weighted by Crippen LogP contribution is -2.14.